The number of nitrogens with one attached hydrogen (secondary N) is 2. The van der Waals surface area contributed by atoms with Gasteiger partial charge in [0.05, 0.1) is 9.98 Å². The van der Waals surface area contributed by atoms with Crippen molar-refractivity contribution in [2.45, 2.75) is 143 Å². The molecule has 13 heteroatoms. The minimum Gasteiger partial charge on any atom is -0.458 e. The van der Waals surface area contributed by atoms with Crippen LogP contribution in [0.4, 0.5) is 4.79 Å². The zero-order chi connectivity index (χ0) is 32.8. The number of hydrogen-bond donors (Lipinski definition) is 2. The average molecular weight is 632 g/mol. The van der Waals surface area contributed by atoms with E-state index in [-0.39, 0.29) is 23.8 Å². The molecule has 1 amide bonds. The first-order valence-corrected chi connectivity index (χ1v) is 14.8. The van der Waals surface area contributed by atoms with Crippen LogP contribution in [0.5, 0.6) is 0 Å². The molecule has 0 bridgehead atoms. The highest BCUT2D eigenvalue weighted by Gasteiger charge is 2.40. The largest absolute Gasteiger partial charge is 0.458 e. The van der Waals surface area contributed by atoms with Crippen LogP contribution in [-0.2, 0) is 33.3 Å². The van der Waals surface area contributed by atoms with Gasteiger partial charge in [-0.2, -0.15) is 0 Å². The first-order valence-electron chi connectivity index (χ1n) is 14.0. The second-order valence-corrected chi connectivity index (χ2v) is 15.2. The summed E-state index contributed by atoms with van der Waals surface area (Å²) in [4.78, 5) is 53.5. The molecular weight excluding hydrogens is 582 g/mol. The molecule has 1 heterocycles. The van der Waals surface area contributed by atoms with Crippen molar-refractivity contribution in [1.82, 2.24) is 15.5 Å². The summed E-state index contributed by atoms with van der Waals surface area (Å²) >= 11 is 11.2. The quantitative estimate of drug-likeness (QED) is 0.213. The van der Waals surface area contributed by atoms with Crippen LogP contribution in [0.25, 0.3) is 0 Å². The average Bonchev–Trinajstić information content (AvgIpc) is 2.66. The fourth-order valence-electron chi connectivity index (χ4n) is 3.61. The van der Waals surface area contributed by atoms with Gasteiger partial charge in [0.2, 0.25) is 0 Å². The number of ether oxygens (including phenoxy) is 4. The lowest BCUT2D eigenvalue weighted by Crippen LogP contribution is -2.58. The second kappa shape index (κ2) is 14.3. The highest BCUT2D eigenvalue weighted by Crippen LogP contribution is 2.24. The smallest absolute Gasteiger partial charge is 0.408 e. The molecule has 240 valence electrons. The van der Waals surface area contributed by atoms with Gasteiger partial charge in [-0.05, 0) is 89.5 Å². The van der Waals surface area contributed by atoms with E-state index in [9.17, 15) is 19.2 Å². The zero-order valence-corrected chi connectivity index (χ0v) is 28.7. The van der Waals surface area contributed by atoms with Gasteiger partial charge in [-0.1, -0.05) is 24.4 Å². The Bertz CT molecular complexity index is 1040. The van der Waals surface area contributed by atoms with Crippen molar-refractivity contribution in [2.24, 2.45) is 0 Å². The Morgan fingerprint density at radius 2 is 1.12 bits per heavy atom. The Morgan fingerprint density at radius 3 is 1.50 bits per heavy atom. The lowest BCUT2D eigenvalue weighted by atomic mass is 10.0. The molecule has 1 fully saturated rings. The third-order valence-corrected chi connectivity index (χ3v) is 5.88. The summed E-state index contributed by atoms with van der Waals surface area (Å²) in [5.41, 5.74) is -3.07. The zero-order valence-electron chi connectivity index (χ0n) is 27.1. The van der Waals surface area contributed by atoms with Crippen molar-refractivity contribution in [3.8, 4) is 0 Å². The third-order valence-electron chi connectivity index (χ3n) is 5.20. The van der Waals surface area contributed by atoms with Crippen LogP contribution < -0.4 is 10.6 Å². The number of esters is 3. The van der Waals surface area contributed by atoms with E-state index in [1.807, 2.05) is 0 Å². The Morgan fingerprint density at radius 1 is 0.690 bits per heavy atom. The van der Waals surface area contributed by atoms with Gasteiger partial charge in [0.1, 0.15) is 40.5 Å². The maximum atomic E-state index is 13.2. The molecule has 0 aromatic rings. The number of thiocarbonyl (C=S) groups is 2. The number of amides is 1. The Balaban J connectivity index is 3.11. The van der Waals surface area contributed by atoms with Gasteiger partial charge in [-0.3, -0.25) is 0 Å². The van der Waals surface area contributed by atoms with E-state index in [0.717, 1.165) is 0 Å². The number of hydrogen-bond acceptors (Lipinski definition) is 10. The Hall–Kier alpha value is -2.54. The third kappa shape index (κ3) is 14.6. The SMILES string of the molecule is CC(C)(C)OC(=O)N[C@@H](CC(=S)N[C@@H](CC(=S)N1CC[C@H]1C(=O)OC(C)(C)C)C(=O)OC(C)(C)C)C(=O)OC(C)(C)C. The maximum absolute atomic E-state index is 13.2. The van der Waals surface area contributed by atoms with E-state index < -0.39 is 58.6 Å². The molecule has 1 rings (SSSR count). The van der Waals surface area contributed by atoms with E-state index in [1.165, 1.54) is 0 Å². The summed E-state index contributed by atoms with van der Waals surface area (Å²) in [6, 6.07) is -2.76. The van der Waals surface area contributed by atoms with Gasteiger partial charge in [-0.25, -0.2) is 19.2 Å². The van der Waals surface area contributed by atoms with Crippen LogP contribution in [0.15, 0.2) is 0 Å². The van der Waals surface area contributed by atoms with Crippen molar-refractivity contribution >= 4 is 58.4 Å². The van der Waals surface area contributed by atoms with Crippen LogP contribution in [0.1, 0.15) is 102 Å². The van der Waals surface area contributed by atoms with Crippen molar-refractivity contribution in [1.29, 1.82) is 0 Å². The molecule has 0 saturated carbocycles. The van der Waals surface area contributed by atoms with Crippen LogP contribution in [0.2, 0.25) is 0 Å². The van der Waals surface area contributed by atoms with Crippen LogP contribution >= 0.6 is 24.4 Å². The minimum atomic E-state index is -1.20. The van der Waals surface area contributed by atoms with Crippen molar-refractivity contribution in [2.75, 3.05) is 6.54 Å². The molecule has 1 aliphatic heterocycles. The van der Waals surface area contributed by atoms with Crippen molar-refractivity contribution in [3.05, 3.63) is 0 Å². The standard InChI is InChI=1S/C29H49N3O8S2/c1-26(2,3)37-22(33)17(31-25(36)40-29(10,11)12)15-20(41)30-18(23(34)38-27(4,5)6)16-21(42)32-14-13-19(32)24(35)39-28(7,8)9/h17-19H,13-16H2,1-12H3,(H,30,41)(H,31,36)/t17-,18-,19-/m0/s1. The van der Waals surface area contributed by atoms with Gasteiger partial charge >= 0.3 is 24.0 Å². The second-order valence-electron chi connectivity index (χ2n) is 14.2. The molecule has 11 nitrogen and oxygen atoms in total. The van der Waals surface area contributed by atoms with Gasteiger partial charge < -0.3 is 34.5 Å². The molecule has 1 saturated heterocycles. The highest BCUT2D eigenvalue weighted by molar-refractivity contribution is 7.80. The van der Waals surface area contributed by atoms with Crippen molar-refractivity contribution < 1.29 is 38.1 Å². The number of carbonyl (C=O) groups is 4. The molecule has 2 N–H and O–H groups in total. The summed E-state index contributed by atoms with van der Waals surface area (Å²) in [6.45, 7) is 21.3. The predicted octanol–water partition coefficient (Wildman–Crippen LogP) is 4.37. The first-order chi connectivity index (χ1) is 18.8. The monoisotopic (exact) mass is 631 g/mol. The predicted molar refractivity (Wildman–Crippen MR) is 167 cm³/mol. The van der Waals surface area contributed by atoms with E-state index in [2.05, 4.69) is 10.6 Å². The summed E-state index contributed by atoms with van der Waals surface area (Å²) in [6.07, 6.45) is -0.427. The summed E-state index contributed by atoms with van der Waals surface area (Å²) in [5.74, 6) is -1.72. The molecule has 0 aromatic carbocycles. The number of likely N-dealkylation sites (tertiary alicyclic amines) is 1. The van der Waals surface area contributed by atoms with Gasteiger partial charge in [-0.15, -0.1) is 0 Å². The lowest BCUT2D eigenvalue weighted by molar-refractivity contribution is -0.163. The molecule has 0 radical (unpaired) electrons. The summed E-state index contributed by atoms with van der Waals surface area (Å²) < 4.78 is 21.9. The molecule has 0 aromatic heterocycles. The Labute approximate surface area is 261 Å². The lowest BCUT2D eigenvalue weighted by Gasteiger charge is -2.42. The van der Waals surface area contributed by atoms with Gasteiger partial charge in [0.15, 0.2) is 0 Å². The summed E-state index contributed by atoms with van der Waals surface area (Å²) in [5, 5.41) is 5.47. The number of alkyl carbamates (subject to hydrolysis) is 1. The maximum Gasteiger partial charge on any atom is 0.408 e. The summed E-state index contributed by atoms with van der Waals surface area (Å²) in [7, 11) is 0. The van der Waals surface area contributed by atoms with Gasteiger partial charge in [0, 0.05) is 19.4 Å². The van der Waals surface area contributed by atoms with E-state index in [1.54, 1.807) is 88.0 Å². The molecule has 42 heavy (non-hydrogen) atoms. The highest BCUT2D eigenvalue weighted by atomic mass is 32.1. The Kier molecular flexibility index (Phi) is 12.8. The molecule has 3 atom stereocenters. The molecule has 0 unspecified atom stereocenters. The fourth-order valence-corrected chi connectivity index (χ4v) is 4.31. The number of carbonyl (C=O) groups excluding carboxylic acids is 4. The van der Waals surface area contributed by atoms with Crippen molar-refractivity contribution in [3.63, 3.8) is 0 Å². The van der Waals surface area contributed by atoms with Crippen LogP contribution in [-0.4, -0.2) is 86.0 Å². The molecule has 1 aliphatic rings. The van der Waals surface area contributed by atoms with Gasteiger partial charge in [0.25, 0.3) is 0 Å². The van der Waals surface area contributed by atoms with E-state index in [4.69, 9.17) is 43.4 Å². The number of rotatable bonds is 9. The minimum absolute atomic E-state index is 0.000281. The van der Waals surface area contributed by atoms with E-state index in [0.29, 0.717) is 18.0 Å². The first kappa shape index (κ1) is 37.5. The molecular formula is C29H49N3O8S2. The normalized spacial score (nSPS) is 17.1. The fraction of sp³-hybridized carbons (Fsp3) is 0.793. The molecule has 0 spiro atoms. The van der Waals surface area contributed by atoms with Crippen LogP contribution in [0.3, 0.4) is 0 Å². The van der Waals surface area contributed by atoms with E-state index >= 15 is 0 Å². The topological polar surface area (TPSA) is 132 Å². The van der Waals surface area contributed by atoms with Crippen LogP contribution in [0, 0.1) is 0 Å². The number of nitrogens with zero attached hydrogens (tertiary/aromatic N) is 1. The molecule has 0 aliphatic carbocycles.